The van der Waals surface area contributed by atoms with Crippen LogP contribution in [-0.2, 0) is 4.79 Å². The number of carboxylic acids is 1. The van der Waals surface area contributed by atoms with Crippen molar-refractivity contribution in [2.75, 3.05) is 5.32 Å². The van der Waals surface area contributed by atoms with Crippen LogP contribution in [0.25, 0.3) is 10.9 Å². The molecule has 0 bridgehead atoms. The Morgan fingerprint density at radius 1 is 1.52 bits per heavy atom. The fourth-order valence-corrected chi connectivity index (χ4v) is 1.94. The van der Waals surface area contributed by atoms with Gasteiger partial charge in [0.05, 0.1) is 4.92 Å². The largest absolute Gasteiger partial charge is 0.480 e. The zero-order valence-electron chi connectivity index (χ0n) is 10.8. The number of nitro groups is 1. The number of carboxylic acid groups (broad SMARTS) is 1. The average Bonchev–Trinajstić information content (AvgIpc) is 2.46. The topological polar surface area (TPSA) is 105 Å². The predicted molar refractivity (Wildman–Crippen MR) is 76.9 cm³/mol. The van der Waals surface area contributed by atoms with E-state index in [1.165, 1.54) is 18.3 Å². The molecule has 0 amide bonds. The van der Waals surface area contributed by atoms with Crippen LogP contribution in [0.15, 0.2) is 30.5 Å². The third kappa shape index (κ3) is 2.90. The summed E-state index contributed by atoms with van der Waals surface area (Å²) in [6.45, 7) is 0. The number of hydrogen-bond donors (Lipinski definition) is 2. The molecule has 2 N–H and O–H groups in total. The summed E-state index contributed by atoms with van der Waals surface area (Å²) in [4.78, 5) is 25.6. The third-order valence-corrected chi connectivity index (χ3v) is 2.89. The summed E-state index contributed by atoms with van der Waals surface area (Å²) in [5.41, 5.74) is 0.490. The molecule has 0 aliphatic carbocycles. The first-order chi connectivity index (χ1) is 10.0. The van der Waals surface area contributed by atoms with Crippen LogP contribution in [0.5, 0.6) is 0 Å². The number of pyridine rings is 1. The van der Waals surface area contributed by atoms with E-state index in [1.807, 2.05) is 0 Å². The molecule has 7 nitrogen and oxygen atoms in total. The number of terminal acetylenes is 1. The number of hydrogen-bond acceptors (Lipinski definition) is 5. The number of aromatic nitrogens is 1. The van der Waals surface area contributed by atoms with Crippen LogP contribution >= 0.6 is 0 Å². The Morgan fingerprint density at radius 3 is 2.90 bits per heavy atom. The number of nitrogens with zero attached hydrogens (tertiary/aromatic N) is 2. The Morgan fingerprint density at radius 2 is 2.29 bits per heavy atom. The Bertz CT molecular complexity index is 751. The number of fused-ring (bicyclic) bond motifs is 1. The molecule has 7 heteroatoms. The van der Waals surface area contributed by atoms with Gasteiger partial charge in [-0.2, -0.15) is 0 Å². The molecule has 106 valence electrons. The zero-order chi connectivity index (χ0) is 15.4. The molecule has 21 heavy (non-hydrogen) atoms. The Balaban J connectivity index is 2.51. The van der Waals surface area contributed by atoms with Crippen molar-refractivity contribution >= 4 is 28.2 Å². The number of carbonyl (C=O) groups is 1. The highest BCUT2D eigenvalue weighted by molar-refractivity contribution is 5.98. The summed E-state index contributed by atoms with van der Waals surface area (Å²) in [6, 6.07) is 5.02. The Kier molecular flexibility index (Phi) is 4.00. The van der Waals surface area contributed by atoms with Crippen LogP contribution in [0, 0.1) is 22.5 Å². The third-order valence-electron chi connectivity index (χ3n) is 2.89. The van der Waals surface area contributed by atoms with Gasteiger partial charge in [-0.15, -0.1) is 12.3 Å². The van der Waals surface area contributed by atoms with Gasteiger partial charge in [-0.1, -0.05) is 0 Å². The minimum atomic E-state index is -1.09. The standard InChI is InChI=1S/C14H11N3O4/c1-2-4-11(14(18)19)16-10-6-7-12(17(20)21)13-9(10)5-3-8-15-13/h1,3,5-8,11,16H,4H2,(H,18,19). The first-order valence-electron chi connectivity index (χ1n) is 5.99. The summed E-state index contributed by atoms with van der Waals surface area (Å²) < 4.78 is 0. The molecular formula is C14H11N3O4. The van der Waals surface area contributed by atoms with E-state index in [2.05, 4.69) is 16.2 Å². The van der Waals surface area contributed by atoms with Crippen LogP contribution in [0.4, 0.5) is 11.4 Å². The van der Waals surface area contributed by atoms with E-state index in [0.29, 0.717) is 11.1 Å². The number of nitrogens with one attached hydrogen (secondary N) is 1. The molecule has 0 aliphatic rings. The highest BCUT2D eigenvalue weighted by Gasteiger charge is 2.20. The summed E-state index contributed by atoms with van der Waals surface area (Å²) in [5, 5.41) is 23.3. The molecule has 0 aliphatic heterocycles. The quantitative estimate of drug-likeness (QED) is 0.494. The van der Waals surface area contributed by atoms with Crippen LogP contribution in [0.2, 0.25) is 0 Å². The maximum atomic E-state index is 11.1. The molecule has 0 saturated heterocycles. The molecule has 2 aromatic rings. The van der Waals surface area contributed by atoms with Gasteiger partial charge >= 0.3 is 5.97 Å². The van der Waals surface area contributed by atoms with Crippen molar-refractivity contribution in [3.63, 3.8) is 0 Å². The van der Waals surface area contributed by atoms with Gasteiger partial charge in [0.25, 0.3) is 5.69 Å². The van der Waals surface area contributed by atoms with Crippen molar-refractivity contribution in [1.29, 1.82) is 0 Å². The molecule has 1 unspecified atom stereocenters. The van der Waals surface area contributed by atoms with Crippen LogP contribution < -0.4 is 5.32 Å². The van der Waals surface area contributed by atoms with Gasteiger partial charge in [0, 0.05) is 29.8 Å². The van der Waals surface area contributed by atoms with E-state index in [-0.39, 0.29) is 17.6 Å². The van der Waals surface area contributed by atoms with Gasteiger partial charge < -0.3 is 10.4 Å². The van der Waals surface area contributed by atoms with E-state index >= 15 is 0 Å². The molecule has 1 aromatic heterocycles. The molecule has 0 fully saturated rings. The molecule has 1 heterocycles. The lowest BCUT2D eigenvalue weighted by molar-refractivity contribution is -0.383. The smallest absolute Gasteiger partial charge is 0.327 e. The van der Waals surface area contributed by atoms with E-state index in [1.54, 1.807) is 12.1 Å². The number of rotatable bonds is 5. The van der Waals surface area contributed by atoms with Crippen molar-refractivity contribution < 1.29 is 14.8 Å². The normalized spacial score (nSPS) is 11.6. The number of anilines is 1. The van der Waals surface area contributed by atoms with Crippen molar-refractivity contribution in [1.82, 2.24) is 4.98 Å². The van der Waals surface area contributed by atoms with Crippen molar-refractivity contribution in [3.8, 4) is 12.3 Å². The molecule has 2 rings (SSSR count). The first kappa shape index (κ1) is 14.3. The minimum absolute atomic E-state index is 0.00588. The fraction of sp³-hybridized carbons (Fsp3) is 0.143. The molecule has 1 aromatic carbocycles. The molecular weight excluding hydrogens is 274 g/mol. The summed E-state index contributed by atoms with van der Waals surface area (Å²) in [7, 11) is 0. The van der Waals surface area contributed by atoms with Crippen LogP contribution in [-0.4, -0.2) is 27.0 Å². The van der Waals surface area contributed by atoms with E-state index in [9.17, 15) is 14.9 Å². The van der Waals surface area contributed by atoms with E-state index in [0.717, 1.165) is 0 Å². The van der Waals surface area contributed by atoms with Gasteiger partial charge in [0.1, 0.15) is 11.6 Å². The van der Waals surface area contributed by atoms with Gasteiger partial charge in [-0.3, -0.25) is 10.1 Å². The monoisotopic (exact) mass is 285 g/mol. The van der Waals surface area contributed by atoms with Crippen molar-refractivity contribution in [2.24, 2.45) is 0 Å². The molecule has 1 atom stereocenters. The maximum absolute atomic E-state index is 11.1. The van der Waals surface area contributed by atoms with Gasteiger partial charge in [-0.25, -0.2) is 9.78 Å². The Labute approximate surface area is 119 Å². The second kappa shape index (κ2) is 5.88. The second-order valence-electron chi connectivity index (χ2n) is 4.23. The fourth-order valence-electron chi connectivity index (χ4n) is 1.94. The number of nitro benzene ring substituents is 1. The summed E-state index contributed by atoms with van der Waals surface area (Å²) in [5.74, 6) is 1.19. The zero-order valence-corrected chi connectivity index (χ0v) is 10.8. The van der Waals surface area contributed by atoms with Gasteiger partial charge in [0.15, 0.2) is 0 Å². The van der Waals surface area contributed by atoms with Crippen molar-refractivity contribution in [3.05, 3.63) is 40.6 Å². The SMILES string of the molecule is C#CCC(Nc1ccc([N+](=O)[O-])c2ncccc12)C(=O)O. The van der Waals surface area contributed by atoms with Gasteiger partial charge in [-0.05, 0) is 18.2 Å². The minimum Gasteiger partial charge on any atom is -0.480 e. The summed E-state index contributed by atoms with van der Waals surface area (Å²) in [6.07, 6.45) is 6.58. The Hall–Kier alpha value is -3.14. The lowest BCUT2D eigenvalue weighted by Crippen LogP contribution is -2.28. The highest BCUT2D eigenvalue weighted by atomic mass is 16.6. The van der Waals surface area contributed by atoms with E-state index < -0.39 is 16.9 Å². The van der Waals surface area contributed by atoms with Crippen molar-refractivity contribution in [2.45, 2.75) is 12.5 Å². The molecule has 0 spiro atoms. The molecule has 0 saturated carbocycles. The van der Waals surface area contributed by atoms with Gasteiger partial charge in [0.2, 0.25) is 0 Å². The number of benzene rings is 1. The lowest BCUT2D eigenvalue weighted by atomic mass is 10.1. The van der Waals surface area contributed by atoms with Crippen LogP contribution in [0.1, 0.15) is 6.42 Å². The van der Waals surface area contributed by atoms with E-state index in [4.69, 9.17) is 11.5 Å². The average molecular weight is 285 g/mol. The molecule has 0 radical (unpaired) electrons. The van der Waals surface area contributed by atoms with Crippen LogP contribution in [0.3, 0.4) is 0 Å². The second-order valence-corrected chi connectivity index (χ2v) is 4.23. The predicted octanol–water partition coefficient (Wildman–Crippen LogP) is 2.03. The first-order valence-corrected chi connectivity index (χ1v) is 5.99. The highest BCUT2D eigenvalue weighted by Crippen LogP contribution is 2.30. The summed E-state index contributed by atoms with van der Waals surface area (Å²) >= 11 is 0. The number of non-ortho nitro benzene ring substituents is 1. The maximum Gasteiger partial charge on any atom is 0.327 e. The number of aliphatic carboxylic acids is 1. The lowest BCUT2D eigenvalue weighted by Gasteiger charge is -2.15.